The molecule has 2 fully saturated rings. The van der Waals surface area contributed by atoms with Gasteiger partial charge in [0, 0.05) is 56.3 Å². The van der Waals surface area contributed by atoms with Crippen LogP contribution >= 0.6 is 0 Å². The molecule has 1 amide bonds. The molecule has 6 nitrogen and oxygen atoms in total. The van der Waals surface area contributed by atoms with Crippen molar-refractivity contribution in [1.82, 2.24) is 20.2 Å². The normalized spacial score (nSPS) is 25.6. The molecule has 0 bridgehead atoms. The number of nitrogens with zero attached hydrogens (tertiary/aromatic N) is 4. The summed E-state index contributed by atoms with van der Waals surface area (Å²) in [5.41, 5.74) is 1.09. The first-order valence-corrected chi connectivity index (χ1v) is 9.10. The first kappa shape index (κ1) is 17.1. The van der Waals surface area contributed by atoms with Crippen molar-refractivity contribution in [2.24, 2.45) is 0 Å². The number of rotatable bonds is 3. The highest BCUT2D eigenvalue weighted by molar-refractivity contribution is 5.76. The Bertz CT molecular complexity index is 605. The van der Waals surface area contributed by atoms with Gasteiger partial charge in [-0.25, -0.2) is 9.97 Å². The average Bonchev–Trinajstić information content (AvgIpc) is 2.73. The van der Waals surface area contributed by atoms with Gasteiger partial charge in [0.1, 0.15) is 11.6 Å². The van der Waals surface area contributed by atoms with Crippen LogP contribution in [0.3, 0.4) is 0 Å². The summed E-state index contributed by atoms with van der Waals surface area (Å²) >= 11 is 0. The maximum Gasteiger partial charge on any atom is 0.220 e. The molecule has 2 aliphatic rings. The SMILES string of the molecule is CCCc1nc(C)cc(N2CCN(C)[C@]3(CCNC(=O)CC3)C2)n1. The molecule has 132 valence electrons. The van der Waals surface area contributed by atoms with Crippen molar-refractivity contribution in [1.29, 1.82) is 0 Å². The monoisotopic (exact) mass is 331 g/mol. The third-order valence-electron chi connectivity index (χ3n) is 5.41. The second-order valence-corrected chi connectivity index (χ2v) is 7.20. The fraction of sp³-hybridized carbons (Fsp3) is 0.722. The molecule has 24 heavy (non-hydrogen) atoms. The van der Waals surface area contributed by atoms with Gasteiger partial charge in [-0.2, -0.15) is 0 Å². The quantitative estimate of drug-likeness (QED) is 0.910. The maximum atomic E-state index is 11.8. The number of likely N-dealkylation sites (N-methyl/N-ethyl adjacent to an activating group) is 1. The highest BCUT2D eigenvalue weighted by atomic mass is 16.1. The van der Waals surface area contributed by atoms with Crippen LogP contribution in [0.2, 0.25) is 0 Å². The van der Waals surface area contributed by atoms with Gasteiger partial charge in [0.15, 0.2) is 0 Å². The van der Waals surface area contributed by atoms with Gasteiger partial charge in [-0.05, 0) is 33.2 Å². The molecule has 3 rings (SSSR count). The van der Waals surface area contributed by atoms with E-state index in [1.807, 2.05) is 6.92 Å². The van der Waals surface area contributed by atoms with Gasteiger partial charge in [0.2, 0.25) is 5.91 Å². The molecule has 0 radical (unpaired) electrons. The Labute approximate surface area is 144 Å². The Kier molecular flexibility index (Phi) is 5.04. The van der Waals surface area contributed by atoms with Gasteiger partial charge in [0.05, 0.1) is 0 Å². The van der Waals surface area contributed by atoms with Crippen LogP contribution in [0.25, 0.3) is 0 Å². The Hall–Kier alpha value is -1.69. The summed E-state index contributed by atoms with van der Waals surface area (Å²) in [6.45, 7) is 7.87. The molecule has 2 saturated heterocycles. The number of hydrogen-bond acceptors (Lipinski definition) is 5. The van der Waals surface area contributed by atoms with Crippen molar-refractivity contribution < 1.29 is 4.79 Å². The molecule has 1 aromatic rings. The first-order valence-electron chi connectivity index (χ1n) is 9.10. The smallest absolute Gasteiger partial charge is 0.220 e. The van der Waals surface area contributed by atoms with Gasteiger partial charge in [-0.3, -0.25) is 9.69 Å². The van der Waals surface area contributed by atoms with Crippen molar-refractivity contribution >= 4 is 11.7 Å². The van der Waals surface area contributed by atoms with Crippen molar-refractivity contribution in [3.8, 4) is 0 Å². The Morgan fingerprint density at radius 1 is 1.29 bits per heavy atom. The van der Waals surface area contributed by atoms with E-state index in [0.717, 1.165) is 69.2 Å². The second kappa shape index (κ2) is 7.05. The predicted molar refractivity (Wildman–Crippen MR) is 95.2 cm³/mol. The number of anilines is 1. The third-order valence-corrected chi connectivity index (χ3v) is 5.41. The predicted octanol–water partition coefficient (Wildman–Crippen LogP) is 1.53. The second-order valence-electron chi connectivity index (χ2n) is 7.20. The molecular formula is C18H29N5O. The zero-order chi connectivity index (χ0) is 17.2. The molecular weight excluding hydrogens is 302 g/mol. The molecule has 3 heterocycles. The number of nitrogens with one attached hydrogen (secondary N) is 1. The van der Waals surface area contributed by atoms with Crippen molar-refractivity contribution in [3.63, 3.8) is 0 Å². The highest BCUT2D eigenvalue weighted by Gasteiger charge is 2.41. The summed E-state index contributed by atoms with van der Waals surface area (Å²) in [6, 6.07) is 2.10. The number of carbonyl (C=O) groups is 1. The van der Waals surface area contributed by atoms with Crippen LogP contribution < -0.4 is 10.2 Å². The Morgan fingerprint density at radius 3 is 2.92 bits per heavy atom. The summed E-state index contributed by atoms with van der Waals surface area (Å²) in [6.07, 6.45) is 4.51. The molecule has 2 aliphatic heterocycles. The van der Waals surface area contributed by atoms with Crippen molar-refractivity contribution in [3.05, 3.63) is 17.6 Å². The molecule has 1 spiro atoms. The lowest BCUT2D eigenvalue weighted by molar-refractivity contribution is -0.120. The van der Waals surface area contributed by atoms with Crippen LogP contribution in [0.4, 0.5) is 5.82 Å². The summed E-state index contributed by atoms with van der Waals surface area (Å²) < 4.78 is 0. The molecule has 6 heteroatoms. The van der Waals surface area contributed by atoms with Gasteiger partial charge in [0.25, 0.3) is 0 Å². The summed E-state index contributed by atoms with van der Waals surface area (Å²) in [4.78, 5) is 26.0. The molecule has 1 atom stereocenters. The van der Waals surface area contributed by atoms with E-state index >= 15 is 0 Å². The average molecular weight is 331 g/mol. The molecule has 1 N–H and O–H groups in total. The number of aromatic nitrogens is 2. The first-order chi connectivity index (χ1) is 11.5. The van der Waals surface area contributed by atoms with E-state index in [9.17, 15) is 4.79 Å². The van der Waals surface area contributed by atoms with Crippen LogP contribution in [-0.4, -0.2) is 59.5 Å². The molecule has 1 aromatic heterocycles. The number of hydrogen-bond donors (Lipinski definition) is 1. The third kappa shape index (κ3) is 3.53. The highest BCUT2D eigenvalue weighted by Crippen LogP contribution is 2.32. The van der Waals surface area contributed by atoms with Gasteiger partial charge in [-0.15, -0.1) is 0 Å². The van der Waals surface area contributed by atoms with Gasteiger partial charge in [-0.1, -0.05) is 6.92 Å². The number of piperazine rings is 1. The summed E-state index contributed by atoms with van der Waals surface area (Å²) in [5, 5.41) is 3.02. The topological polar surface area (TPSA) is 61.4 Å². The van der Waals surface area contributed by atoms with Crippen LogP contribution in [0.15, 0.2) is 6.07 Å². The van der Waals surface area contributed by atoms with Crippen molar-refractivity contribution in [2.45, 2.75) is 51.5 Å². The van der Waals surface area contributed by atoms with E-state index in [1.54, 1.807) is 0 Å². The maximum absolute atomic E-state index is 11.8. The fourth-order valence-electron chi connectivity index (χ4n) is 3.90. The minimum Gasteiger partial charge on any atom is -0.356 e. The van der Waals surface area contributed by atoms with Crippen molar-refractivity contribution in [2.75, 3.05) is 38.1 Å². The van der Waals surface area contributed by atoms with Crippen LogP contribution in [-0.2, 0) is 11.2 Å². The Balaban J connectivity index is 1.83. The van der Waals surface area contributed by atoms with Gasteiger partial charge >= 0.3 is 0 Å². The fourth-order valence-corrected chi connectivity index (χ4v) is 3.90. The summed E-state index contributed by atoms with van der Waals surface area (Å²) in [5.74, 6) is 2.17. The van der Waals surface area contributed by atoms with E-state index < -0.39 is 0 Å². The summed E-state index contributed by atoms with van der Waals surface area (Å²) in [7, 11) is 2.20. The zero-order valence-corrected chi connectivity index (χ0v) is 15.1. The molecule has 0 saturated carbocycles. The Morgan fingerprint density at radius 2 is 2.12 bits per heavy atom. The van der Waals surface area contributed by atoms with Gasteiger partial charge < -0.3 is 10.2 Å². The van der Waals surface area contributed by atoms with E-state index in [0.29, 0.717) is 6.42 Å². The number of amides is 1. The van der Waals surface area contributed by atoms with E-state index in [-0.39, 0.29) is 11.4 Å². The van der Waals surface area contributed by atoms with Crippen LogP contribution in [0.1, 0.15) is 44.1 Å². The largest absolute Gasteiger partial charge is 0.356 e. The number of aryl methyl sites for hydroxylation is 2. The number of carbonyl (C=O) groups excluding carboxylic acids is 1. The van der Waals surface area contributed by atoms with E-state index in [4.69, 9.17) is 4.98 Å². The molecule has 0 aliphatic carbocycles. The van der Waals surface area contributed by atoms with E-state index in [1.165, 1.54) is 0 Å². The standard InChI is InChI=1S/C18H29N5O/c1-4-5-15-20-14(2)12-16(21-15)23-11-10-22(3)18(13-23)7-6-17(24)19-9-8-18/h12H,4-11,13H2,1-3H3,(H,19,24)/t18-/m1/s1. The molecule has 0 aromatic carbocycles. The van der Waals surface area contributed by atoms with Crippen LogP contribution in [0, 0.1) is 6.92 Å². The minimum atomic E-state index is 0.0567. The minimum absolute atomic E-state index is 0.0567. The molecule has 0 unspecified atom stereocenters. The zero-order valence-electron chi connectivity index (χ0n) is 15.1. The van der Waals surface area contributed by atoms with Crippen LogP contribution in [0.5, 0.6) is 0 Å². The van der Waals surface area contributed by atoms with E-state index in [2.05, 4.69) is 40.1 Å². The lowest BCUT2D eigenvalue weighted by Crippen LogP contribution is -2.61. The lowest BCUT2D eigenvalue weighted by atomic mass is 9.86. The lowest BCUT2D eigenvalue weighted by Gasteiger charge is -2.49.